The number of anilines is 5. The molecule has 0 atom stereocenters. The molecule has 0 saturated carbocycles. The molecule has 3 nitrogen and oxygen atoms in total. The van der Waals surface area contributed by atoms with Crippen LogP contribution in [0.4, 0.5) is 28.4 Å². The van der Waals surface area contributed by atoms with Gasteiger partial charge in [0.2, 0.25) is 0 Å². The van der Waals surface area contributed by atoms with Crippen LogP contribution in [0.2, 0.25) is 0 Å². The van der Waals surface area contributed by atoms with Crippen molar-refractivity contribution in [3.8, 4) is 17.2 Å². The van der Waals surface area contributed by atoms with Crippen LogP contribution in [0.5, 0.6) is 0 Å². The van der Waals surface area contributed by atoms with Crippen molar-refractivity contribution in [1.29, 1.82) is 5.26 Å². The second kappa shape index (κ2) is 15.6. The van der Waals surface area contributed by atoms with Gasteiger partial charge in [0.15, 0.2) is 0 Å². The third-order valence-corrected chi connectivity index (χ3v) is 6.86. The van der Waals surface area contributed by atoms with Gasteiger partial charge in [0.25, 0.3) is 0 Å². The van der Waals surface area contributed by atoms with E-state index in [2.05, 4.69) is 133 Å². The number of benzene rings is 5. The molecule has 43 heavy (non-hydrogen) atoms. The monoisotopic (exact) mass is 561 g/mol. The lowest BCUT2D eigenvalue weighted by molar-refractivity contribution is 1.13. The molecule has 0 fully saturated rings. The topological polar surface area (TPSA) is 30.3 Å². The highest BCUT2D eigenvalue weighted by molar-refractivity contribution is 5.79. The molecular formula is C40H39N3. The molecule has 0 bridgehead atoms. The first-order valence-corrected chi connectivity index (χ1v) is 15.0. The van der Waals surface area contributed by atoms with Gasteiger partial charge in [-0.2, -0.15) is 5.26 Å². The maximum Gasteiger partial charge on any atom is 0.0992 e. The van der Waals surface area contributed by atoms with E-state index >= 15 is 0 Å². The molecule has 0 spiro atoms. The molecule has 0 aliphatic rings. The average Bonchev–Trinajstić information content (AvgIpc) is 3.08. The Kier molecular flexibility index (Phi) is 11.1. The van der Waals surface area contributed by atoms with Crippen LogP contribution in [-0.4, -0.2) is 0 Å². The molecule has 0 aliphatic heterocycles. The average molecular weight is 562 g/mol. The number of nitrogens with zero attached hydrogens (tertiary/aromatic N) is 3. The molecular weight excluding hydrogens is 522 g/mol. The van der Waals surface area contributed by atoms with Gasteiger partial charge < -0.3 is 9.80 Å². The molecule has 0 radical (unpaired) electrons. The zero-order chi connectivity index (χ0) is 30.4. The smallest absolute Gasteiger partial charge is 0.0992 e. The van der Waals surface area contributed by atoms with Crippen LogP contribution in [0.3, 0.4) is 0 Å². The molecule has 0 aliphatic carbocycles. The summed E-state index contributed by atoms with van der Waals surface area (Å²) in [6.45, 7) is 8.22. The van der Waals surface area contributed by atoms with Gasteiger partial charge in [-0.05, 0) is 97.3 Å². The van der Waals surface area contributed by atoms with E-state index in [9.17, 15) is 5.26 Å². The van der Waals surface area contributed by atoms with Crippen LogP contribution in [0.15, 0.2) is 157 Å². The van der Waals surface area contributed by atoms with Crippen molar-refractivity contribution >= 4 is 28.4 Å². The number of para-hydroxylation sites is 2. The zero-order valence-electron chi connectivity index (χ0n) is 25.5. The predicted molar refractivity (Wildman–Crippen MR) is 184 cm³/mol. The SMILES string of the molecule is C/C=C\C(=C/CC)N(c1ccccc1)c1ccc(-c2ccc(N(c3ccccc3)c3cccc(C#N)c3)cc2)cc1.CC. The Morgan fingerprint density at radius 1 is 0.628 bits per heavy atom. The number of allylic oxidation sites excluding steroid dienone is 3. The van der Waals surface area contributed by atoms with Crippen molar-refractivity contribution in [3.63, 3.8) is 0 Å². The van der Waals surface area contributed by atoms with Crippen molar-refractivity contribution in [1.82, 2.24) is 0 Å². The van der Waals surface area contributed by atoms with Crippen molar-refractivity contribution in [3.05, 3.63) is 163 Å². The van der Waals surface area contributed by atoms with Crippen LogP contribution in [0.1, 0.15) is 39.7 Å². The van der Waals surface area contributed by atoms with E-state index in [4.69, 9.17) is 0 Å². The normalized spacial score (nSPS) is 10.9. The summed E-state index contributed by atoms with van der Waals surface area (Å²) in [6.07, 6.45) is 7.45. The first kappa shape index (κ1) is 30.6. The molecule has 3 heteroatoms. The van der Waals surface area contributed by atoms with Crippen molar-refractivity contribution in [2.75, 3.05) is 9.80 Å². The van der Waals surface area contributed by atoms with Gasteiger partial charge in [0.1, 0.15) is 0 Å². The summed E-state index contributed by atoms with van der Waals surface area (Å²) in [6, 6.07) is 48.0. The maximum absolute atomic E-state index is 9.47. The minimum atomic E-state index is 0.635. The first-order chi connectivity index (χ1) is 21.2. The van der Waals surface area contributed by atoms with E-state index in [-0.39, 0.29) is 0 Å². The van der Waals surface area contributed by atoms with E-state index in [0.29, 0.717) is 5.56 Å². The summed E-state index contributed by atoms with van der Waals surface area (Å²) in [5, 5.41) is 9.47. The van der Waals surface area contributed by atoms with E-state index in [1.165, 1.54) is 0 Å². The third-order valence-electron chi connectivity index (χ3n) is 6.86. The Morgan fingerprint density at radius 3 is 1.65 bits per heavy atom. The molecule has 214 valence electrons. The predicted octanol–water partition coefficient (Wildman–Crippen LogP) is 11.7. The molecule has 0 saturated heterocycles. The van der Waals surface area contributed by atoms with Crippen molar-refractivity contribution in [2.45, 2.75) is 34.1 Å². The molecule has 0 heterocycles. The summed E-state index contributed by atoms with van der Waals surface area (Å²) in [5.41, 5.74) is 9.34. The van der Waals surface area contributed by atoms with Crippen LogP contribution in [0, 0.1) is 11.3 Å². The lowest BCUT2D eigenvalue weighted by atomic mass is 10.0. The molecule has 0 amide bonds. The highest BCUT2D eigenvalue weighted by Gasteiger charge is 2.15. The fourth-order valence-corrected chi connectivity index (χ4v) is 4.98. The fourth-order valence-electron chi connectivity index (χ4n) is 4.98. The lowest BCUT2D eigenvalue weighted by Gasteiger charge is -2.27. The Morgan fingerprint density at radius 2 is 1.12 bits per heavy atom. The molecule has 5 rings (SSSR count). The van der Waals surface area contributed by atoms with E-state index in [1.54, 1.807) is 0 Å². The van der Waals surface area contributed by atoms with Gasteiger partial charge in [0, 0.05) is 34.1 Å². The Balaban J connectivity index is 0.00000207. The first-order valence-electron chi connectivity index (χ1n) is 15.0. The summed E-state index contributed by atoms with van der Waals surface area (Å²) in [5.74, 6) is 0. The fraction of sp³-hybridized carbons (Fsp3) is 0.125. The maximum atomic E-state index is 9.47. The number of hydrogen-bond acceptors (Lipinski definition) is 3. The third kappa shape index (κ3) is 7.50. The quantitative estimate of drug-likeness (QED) is 0.168. The standard InChI is InChI=1S/C38H33N3.C2H6/c1-3-12-33(13-4-2)40(34-15-7-5-8-16-34)36-24-20-31(21-25-36)32-22-26-37(27-23-32)41(35-17-9-6-10-18-35)38-19-11-14-30(28-38)29-39;1-2/h3,5-28H,4H2,1-2H3;1-2H3/b12-3-,33-13+;. The van der Waals surface area contributed by atoms with Crippen LogP contribution < -0.4 is 9.80 Å². The zero-order valence-corrected chi connectivity index (χ0v) is 25.5. The van der Waals surface area contributed by atoms with Gasteiger partial charge >= 0.3 is 0 Å². The van der Waals surface area contributed by atoms with Crippen molar-refractivity contribution in [2.24, 2.45) is 0 Å². The van der Waals surface area contributed by atoms with Gasteiger partial charge in [-0.3, -0.25) is 0 Å². The van der Waals surface area contributed by atoms with E-state index in [0.717, 1.165) is 51.7 Å². The van der Waals surface area contributed by atoms with Gasteiger partial charge in [-0.1, -0.05) is 99.7 Å². The summed E-state index contributed by atoms with van der Waals surface area (Å²) >= 11 is 0. The Hall–Kier alpha value is -5.33. The molecule has 5 aromatic carbocycles. The molecule has 0 N–H and O–H groups in total. The number of rotatable bonds is 9. The highest BCUT2D eigenvalue weighted by Crippen LogP contribution is 2.37. The van der Waals surface area contributed by atoms with Crippen molar-refractivity contribution < 1.29 is 0 Å². The van der Waals surface area contributed by atoms with Crippen LogP contribution >= 0.6 is 0 Å². The number of hydrogen-bond donors (Lipinski definition) is 0. The summed E-state index contributed by atoms with van der Waals surface area (Å²) in [7, 11) is 0. The van der Waals surface area contributed by atoms with E-state index in [1.807, 2.05) is 62.4 Å². The van der Waals surface area contributed by atoms with Crippen LogP contribution in [0.25, 0.3) is 11.1 Å². The molecule has 0 unspecified atom stereocenters. The summed E-state index contributed by atoms with van der Waals surface area (Å²) in [4.78, 5) is 4.47. The van der Waals surface area contributed by atoms with Crippen LogP contribution in [-0.2, 0) is 0 Å². The number of nitriles is 1. The minimum absolute atomic E-state index is 0.635. The minimum Gasteiger partial charge on any atom is -0.311 e. The Labute approximate surface area is 257 Å². The van der Waals surface area contributed by atoms with E-state index < -0.39 is 0 Å². The second-order valence-electron chi connectivity index (χ2n) is 9.64. The second-order valence-corrected chi connectivity index (χ2v) is 9.64. The van der Waals surface area contributed by atoms with Gasteiger partial charge in [-0.15, -0.1) is 0 Å². The van der Waals surface area contributed by atoms with Gasteiger partial charge in [-0.25, -0.2) is 0 Å². The molecule has 5 aromatic rings. The molecule has 0 aromatic heterocycles. The Bertz CT molecular complexity index is 1660. The summed E-state index contributed by atoms with van der Waals surface area (Å²) < 4.78 is 0. The lowest BCUT2D eigenvalue weighted by Crippen LogP contribution is -2.15. The largest absolute Gasteiger partial charge is 0.311 e. The highest BCUT2D eigenvalue weighted by atomic mass is 15.1. The van der Waals surface area contributed by atoms with Gasteiger partial charge in [0.05, 0.1) is 11.6 Å².